The Hall–Kier alpha value is -5.62. The highest BCUT2D eigenvalue weighted by Crippen LogP contribution is 2.29. The third-order valence-electron chi connectivity index (χ3n) is 6.49. The van der Waals surface area contributed by atoms with E-state index in [1.807, 2.05) is 61.5 Å². The van der Waals surface area contributed by atoms with E-state index < -0.39 is 4.92 Å². The molecule has 0 spiro atoms. The first kappa shape index (κ1) is 27.5. The zero-order valence-corrected chi connectivity index (χ0v) is 23.9. The van der Waals surface area contributed by atoms with Crippen molar-refractivity contribution in [2.45, 2.75) is 6.92 Å². The summed E-state index contributed by atoms with van der Waals surface area (Å²) in [4.78, 5) is 29.3. The van der Waals surface area contributed by atoms with E-state index >= 15 is 0 Å². The van der Waals surface area contributed by atoms with Crippen LogP contribution in [-0.4, -0.2) is 43.0 Å². The fourth-order valence-electron chi connectivity index (χ4n) is 4.49. The van der Waals surface area contributed by atoms with Gasteiger partial charge >= 0.3 is 0 Å². The third-order valence-corrected chi connectivity index (χ3v) is 7.45. The molecule has 43 heavy (non-hydrogen) atoms. The van der Waals surface area contributed by atoms with Crippen LogP contribution < -0.4 is 19.6 Å². The molecule has 0 saturated heterocycles. The van der Waals surface area contributed by atoms with Crippen LogP contribution in [0.25, 0.3) is 40.1 Å². The zero-order valence-electron chi connectivity index (χ0n) is 23.1. The molecule has 0 saturated carbocycles. The number of nitro groups is 1. The molecule has 0 amide bonds. The fourth-order valence-corrected chi connectivity index (χ4v) is 5.40. The highest BCUT2D eigenvalue weighted by Gasteiger charge is 2.16. The standard InChI is InChI=1S/C31H24N6O5S/c1-3-42-25-14-12-20(16-26(25)41-2)13-15-28-32-31-36(33-28)30(38)27(43-31)18-22-19-35(23-9-5-4-6-10-23)34-29(22)21-8-7-11-24(17-21)37(39)40/h4-19H,3H2,1-2H3/b15-13+,27-18-. The summed E-state index contributed by atoms with van der Waals surface area (Å²) in [6, 6.07) is 21.3. The van der Waals surface area contributed by atoms with E-state index in [0.29, 0.717) is 50.2 Å². The lowest BCUT2D eigenvalue weighted by Crippen LogP contribution is -2.23. The van der Waals surface area contributed by atoms with Crippen LogP contribution in [0.2, 0.25) is 0 Å². The summed E-state index contributed by atoms with van der Waals surface area (Å²) < 4.78 is 14.3. The molecule has 0 aliphatic rings. The number of hydrogen-bond donors (Lipinski definition) is 0. The zero-order chi connectivity index (χ0) is 29.9. The van der Waals surface area contributed by atoms with Crippen molar-refractivity contribution in [1.29, 1.82) is 0 Å². The summed E-state index contributed by atoms with van der Waals surface area (Å²) in [5.41, 5.74) is 2.97. The molecule has 0 aliphatic carbocycles. The van der Waals surface area contributed by atoms with Gasteiger partial charge in [0.25, 0.3) is 11.2 Å². The molecule has 0 aliphatic heterocycles. The van der Waals surface area contributed by atoms with E-state index in [9.17, 15) is 14.9 Å². The van der Waals surface area contributed by atoms with Gasteiger partial charge in [-0.15, -0.1) is 5.10 Å². The van der Waals surface area contributed by atoms with Crippen LogP contribution in [0.15, 0.2) is 83.8 Å². The summed E-state index contributed by atoms with van der Waals surface area (Å²) in [6.45, 7) is 2.44. The van der Waals surface area contributed by atoms with Gasteiger partial charge in [0.2, 0.25) is 4.96 Å². The lowest BCUT2D eigenvalue weighted by Gasteiger charge is -2.09. The number of ether oxygens (including phenoxy) is 2. The summed E-state index contributed by atoms with van der Waals surface area (Å²) >= 11 is 1.20. The Labute approximate surface area is 248 Å². The number of nitro benzene ring substituents is 1. The van der Waals surface area contributed by atoms with Gasteiger partial charge in [-0.1, -0.05) is 53.8 Å². The topological polar surface area (TPSA) is 127 Å². The van der Waals surface area contributed by atoms with Crippen LogP contribution in [-0.2, 0) is 0 Å². The van der Waals surface area contributed by atoms with E-state index in [2.05, 4.69) is 10.1 Å². The van der Waals surface area contributed by atoms with Crippen molar-refractivity contribution in [2.24, 2.45) is 0 Å². The van der Waals surface area contributed by atoms with E-state index in [1.54, 1.807) is 42.3 Å². The first-order valence-electron chi connectivity index (χ1n) is 13.2. The van der Waals surface area contributed by atoms with Crippen molar-refractivity contribution in [2.75, 3.05) is 13.7 Å². The predicted molar refractivity (Wildman–Crippen MR) is 165 cm³/mol. The maximum absolute atomic E-state index is 13.3. The van der Waals surface area contributed by atoms with Gasteiger partial charge in [0, 0.05) is 29.5 Å². The molecule has 214 valence electrons. The summed E-state index contributed by atoms with van der Waals surface area (Å²) in [5.74, 6) is 1.66. The molecule has 3 heterocycles. The van der Waals surface area contributed by atoms with Crippen LogP contribution in [0.4, 0.5) is 5.69 Å². The average molecular weight is 593 g/mol. The summed E-state index contributed by atoms with van der Waals surface area (Å²) in [6.07, 6.45) is 7.06. The highest BCUT2D eigenvalue weighted by molar-refractivity contribution is 7.15. The minimum Gasteiger partial charge on any atom is -0.493 e. The number of rotatable bonds is 9. The second-order valence-electron chi connectivity index (χ2n) is 9.28. The average Bonchev–Trinajstić information content (AvgIpc) is 3.72. The number of benzene rings is 3. The number of hydrogen-bond acceptors (Lipinski definition) is 9. The van der Waals surface area contributed by atoms with Crippen LogP contribution in [0.5, 0.6) is 11.5 Å². The van der Waals surface area contributed by atoms with E-state index in [-0.39, 0.29) is 11.2 Å². The lowest BCUT2D eigenvalue weighted by molar-refractivity contribution is -0.384. The molecule has 0 radical (unpaired) electrons. The van der Waals surface area contributed by atoms with Crippen LogP contribution in [0, 0.1) is 10.1 Å². The van der Waals surface area contributed by atoms with E-state index in [0.717, 1.165) is 11.3 Å². The van der Waals surface area contributed by atoms with Gasteiger partial charge < -0.3 is 9.47 Å². The maximum atomic E-state index is 13.3. The molecule has 0 fully saturated rings. The number of nitrogens with zero attached hydrogens (tertiary/aromatic N) is 6. The van der Waals surface area contributed by atoms with Crippen molar-refractivity contribution >= 4 is 40.2 Å². The van der Waals surface area contributed by atoms with Gasteiger partial charge in [0.05, 0.1) is 28.9 Å². The first-order chi connectivity index (χ1) is 20.9. The van der Waals surface area contributed by atoms with E-state index in [1.165, 1.54) is 28.0 Å². The molecule has 11 nitrogen and oxygen atoms in total. The fraction of sp³-hybridized carbons (Fsp3) is 0.0968. The number of thiazole rings is 1. The van der Waals surface area contributed by atoms with Gasteiger partial charge in [-0.25, -0.2) is 4.68 Å². The molecule has 3 aromatic carbocycles. The Kier molecular flexibility index (Phi) is 7.50. The SMILES string of the molecule is CCOc1ccc(/C=C/c2nc3s/c(=C\c4cn(-c5ccccc5)nc4-c4cccc([N+](=O)[O-])c4)c(=O)n3n2)cc1OC. The van der Waals surface area contributed by atoms with Gasteiger partial charge in [-0.2, -0.15) is 14.6 Å². The van der Waals surface area contributed by atoms with Gasteiger partial charge in [0.1, 0.15) is 5.69 Å². The van der Waals surface area contributed by atoms with Crippen LogP contribution in [0.3, 0.4) is 0 Å². The third kappa shape index (κ3) is 5.63. The molecular weight excluding hydrogens is 568 g/mol. The molecule has 0 bridgehead atoms. The smallest absolute Gasteiger partial charge is 0.291 e. The monoisotopic (exact) mass is 592 g/mol. The Morgan fingerprint density at radius 1 is 1.00 bits per heavy atom. The molecule has 0 atom stereocenters. The minimum absolute atomic E-state index is 0.0507. The number of methoxy groups -OCH3 is 1. The molecule has 12 heteroatoms. The quantitative estimate of drug-likeness (QED) is 0.169. The normalized spacial score (nSPS) is 11.9. The first-order valence-corrected chi connectivity index (χ1v) is 14.1. The Balaban J connectivity index is 1.37. The van der Waals surface area contributed by atoms with Crippen molar-refractivity contribution in [3.05, 3.63) is 121 Å². The maximum Gasteiger partial charge on any atom is 0.291 e. The molecule has 0 N–H and O–H groups in total. The van der Waals surface area contributed by atoms with Gasteiger partial charge in [-0.05, 0) is 48.9 Å². The Bertz CT molecular complexity index is 2100. The second-order valence-corrected chi connectivity index (χ2v) is 10.3. The van der Waals surface area contributed by atoms with Crippen molar-refractivity contribution < 1.29 is 14.4 Å². The molecular formula is C31H24N6O5S. The lowest BCUT2D eigenvalue weighted by atomic mass is 10.1. The molecule has 3 aromatic heterocycles. The largest absolute Gasteiger partial charge is 0.493 e. The highest BCUT2D eigenvalue weighted by atomic mass is 32.1. The van der Waals surface area contributed by atoms with Crippen molar-refractivity contribution in [1.82, 2.24) is 24.4 Å². The molecule has 6 aromatic rings. The molecule has 6 rings (SSSR count). The number of fused-ring (bicyclic) bond motifs is 1. The van der Waals surface area contributed by atoms with Crippen molar-refractivity contribution in [3.63, 3.8) is 0 Å². The van der Waals surface area contributed by atoms with Crippen LogP contribution >= 0.6 is 11.3 Å². The Morgan fingerprint density at radius 2 is 1.84 bits per heavy atom. The van der Waals surface area contributed by atoms with E-state index in [4.69, 9.17) is 14.6 Å². The Morgan fingerprint density at radius 3 is 2.58 bits per heavy atom. The minimum atomic E-state index is -0.449. The predicted octanol–water partition coefficient (Wildman–Crippen LogP) is 5.04. The van der Waals surface area contributed by atoms with Crippen LogP contribution in [0.1, 0.15) is 23.9 Å². The van der Waals surface area contributed by atoms with Gasteiger partial charge in [-0.3, -0.25) is 14.9 Å². The number of aromatic nitrogens is 5. The number of non-ortho nitro benzene ring substituents is 1. The van der Waals surface area contributed by atoms with Gasteiger partial charge in [0.15, 0.2) is 17.3 Å². The molecule has 0 unspecified atom stereocenters. The number of para-hydroxylation sites is 1. The van der Waals surface area contributed by atoms with Crippen molar-refractivity contribution in [3.8, 4) is 28.4 Å². The summed E-state index contributed by atoms with van der Waals surface area (Å²) in [7, 11) is 1.58. The summed E-state index contributed by atoms with van der Waals surface area (Å²) in [5, 5.41) is 20.5. The second kappa shape index (κ2) is 11.7.